The highest BCUT2D eigenvalue weighted by Gasteiger charge is 2.15. The number of aromatic nitrogens is 1. The number of aliphatic carboxylic acids is 1. The molecule has 0 aliphatic rings. The normalized spacial score (nSPS) is 11.5. The Morgan fingerprint density at radius 1 is 0.738 bits per heavy atom. The molecule has 1 aromatic heterocycles. The van der Waals surface area contributed by atoms with E-state index in [0.29, 0.717) is 57.8 Å². The number of rotatable bonds is 32. The van der Waals surface area contributed by atoms with Gasteiger partial charge in [0.15, 0.2) is 0 Å². The third-order valence-electron chi connectivity index (χ3n) is 11.2. The van der Waals surface area contributed by atoms with Crippen LogP contribution in [-0.4, -0.2) is 95.9 Å². The maximum atomic E-state index is 13.2. The summed E-state index contributed by atoms with van der Waals surface area (Å²) < 4.78 is 6.70. The molecule has 10 nitrogen and oxygen atoms in total. The van der Waals surface area contributed by atoms with Gasteiger partial charge in [-0.3, -0.25) is 14.4 Å². The molecule has 338 valence electrons. The van der Waals surface area contributed by atoms with E-state index in [-0.39, 0.29) is 16.5 Å². The van der Waals surface area contributed by atoms with Gasteiger partial charge < -0.3 is 35.1 Å². The number of benzene rings is 3. The number of unbranched alkanes of at least 4 members (excludes halogenated alkanes) is 11. The van der Waals surface area contributed by atoms with Crippen molar-refractivity contribution in [2.45, 2.75) is 130 Å². The summed E-state index contributed by atoms with van der Waals surface area (Å²) in [5, 5.41) is 24.4. The van der Waals surface area contributed by atoms with E-state index < -0.39 is 5.97 Å². The van der Waals surface area contributed by atoms with E-state index in [9.17, 15) is 19.5 Å². The van der Waals surface area contributed by atoms with Crippen molar-refractivity contribution in [2.24, 2.45) is 0 Å². The summed E-state index contributed by atoms with van der Waals surface area (Å²) in [5.41, 5.74) is 2.79. The molecule has 0 radical (unpaired) electrons. The minimum atomic E-state index is -0.664. The van der Waals surface area contributed by atoms with Gasteiger partial charge in [0.05, 0.1) is 24.3 Å². The number of ether oxygens (including phenoxy) is 1. The van der Waals surface area contributed by atoms with Gasteiger partial charge in [0.1, 0.15) is 11.3 Å². The molecule has 0 bridgehead atoms. The van der Waals surface area contributed by atoms with Gasteiger partial charge in [0, 0.05) is 32.6 Å². The van der Waals surface area contributed by atoms with Gasteiger partial charge in [0.2, 0.25) is 5.91 Å². The minimum absolute atomic E-state index is 0.0926. The van der Waals surface area contributed by atoms with Crippen molar-refractivity contribution in [2.75, 3.05) is 59.0 Å². The Balaban J connectivity index is 0.000000419. The molecular weight excluding hydrogens is 785 g/mol. The number of phenols is 1. The lowest BCUT2D eigenvalue weighted by molar-refractivity contribution is -0.137. The average molecular weight is 861 g/mol. The van der Waals surface area contributed by atoms with Gasteiger partial charge in [-0.1, -0.05) is 144 Å². The Hall–Kier alpha value is -4.03. The van der Waals surface area contributed by atoms with Crippen molar-refractivity contribution < 1.29 is 24.5 Å². The zero-order chi connectivity index (χ0) is 43.9. The van der Waals surface area contributed by atoms with Gasteiger partial charge in [0.25, 0.3) is 0 Å². The molecule has 0 unspecified atom stereocenters. The number of nitrogens with one attached hydrogen (secondary N) is 2. The van der Waals surface area contributed by atoms with Crippen molar-refractivity contribution in [1.29, 1.82) is 0 Å². The second-order valence-electron chi connectivity index (χ2n) is 15.8. The van der Waals surface area contributed by atoms with Crippen LogP contribution >= 0.6 is 11.3 Å². The number of phenolic OH excluding ortho intramolecular Hbond substituents is 1. The quantitative estimate of drug-likeness (QED) is 0.0282. The van der Waals surface area contributed by atoms with Crippen LogP contribution in [0.5, 0.6) is 5.75 Å². The number of carbonyl (C=O) groups is 2. The Morgan fingerprint density at radius 3 is 2.15 bits per heavy atom. The Bertz CT molecular complexity index is 1880. The summed E-state index contributed by atoms with van der Waals surface area (Å²) in [5.74, 6) is -0.459. The van der Waals surface area contributed by atoms with Crippen molar-refractivity contribution in [1.82, 2.24) is 20.1 Å². The first-order valence-corrected chi connectivity index (χ1v) is 24.0. The second kappa shape index (κ2) is 31.8. The van der Waals surface area contributed by atoms with Gasteiger partial charge in [-0.25, -0.2) is 0 Å². The molecule has 61 heavy (non-hydrogen) atoms. The molecule has 0 aliphatic heterocycles. The molecule has 4 rings (SSSR count). The van der Waals surface area contributed by atoms with E-state index in [1.54, 1.807) is 6.07 Å². The topological polar surface area (TPSA) is 135 Å². The van der Waals surface area contributed by atoms with Crippen molar-refractivity contribution >= 4 is 44.2 Å². The van der Waals surface area contributed by atoms with Crippen LogP contribution in [-0.2, 0) is 27.2 Å². The van der Waals surface area contributed by atoms with E-state index in [1.165, 1.54) is 87.0 Å². The van der Waals surface area contributed by atoms with Gasteiger partial charge in [-0.05, 0) is 92.5 Å². The molecular formula is C50H76N4O6S. The molecule has 1 amide bonds. The van der Waals surface area contributed by atoms with E-state index in [2.05, 4.69) is 90.6 Å². The fraction of sp³-hybridized carbons (Fsp3) is 0.580. The number of carboxylic acid groups (broad SMARTS) is 1. The monoisotopic (exact) mass is 861 g/mol. The maximum absolute atomic E-state index is 13.2. The summed E-state index contributed by atoms with van der Waals surface area (Å²) in [4.78, 5) is 42.0. The van der Waals surface area contributed by atoms with Crippen LogP contribution in [0.4, 0.5) is 0 Å². The first-order chi connectivity index (χ1) is 29.8. The lowest BCUT2D eigenvalue weighted by Crippen LogP contribution is -2.42. The van der Waals surface area contributed by atoms with Crippen LogP contribution in [0.1, 0.15) is 128 Å². The summed E-state index contributed by atoms with van der Waals surface area (Å²) in [6.45, 7) is 13.0. The molecule has 0 aliphatic carbocycles. The largest absolute Gasteiger partial charge is 0.506 e. The third kappa shape index (κ3) is 21.1. The number of thiazole rings is 1. The number of H-pyrrole nitrogens is 1. The maximum Gasteiger partial charge on any atom is 0.305 e. The van der Waals surface area contributed by atoms with Gasteiger partial charge >= 0.3 is 10.8 Å². The third-order valence-corrected chi connectivity index (χ3v) is 12.2. The molecule has 0 fully saturated rings. The number of hydrogen-bond donors (Lipinski definition) is 4. The number of carbonyl (C=O) groups excluding carboxylic acids is 1. The summed E-state index contributed by atoms with van der Waals surface area (Å²) in [6.07, 6.45) is 23.1. The number of nitrogens with zero attached hydrogens (tertiary/aromatic N) is 2. The van der Waals surface area contributed by atoms with Crippen LogP contribution < -0.4 is 10.2 Å². The molecule has 3 aromatic carbocycles. The number of likely N-dealkylation sites (N-methyl/N-ethyl adjacent to an activating group) is 1. The molecule has 0 saturated heterocycles. The number of carboxylic acids is 1. The van der Waals surface area contributed by atoms with Crippen LogP contribution in [0.25, 0.3) is 21.0 Å². The minimum Gasteiger partial charge on any atom is -0.506 e. The van der Waals surface area contributed by atoms with Crippen molar-refractivity contribution in [3.05, 3.63) is 87.5 Å². The van der Waals surface area contributed by atoms with E-state index >= 15 is 0 Å². The Kier molecular flexibility index (Phi) is 26.7. The SMILES string of the molecule is CCCCCCCC/C=C\CCCCCCCC(=O)O.CCN(CC)CCN(CCNCCc1ccc(O)c2[nH]c(=O)sc12)C(=O)CCOCCc1cccc2ccccc12. The van der Waals surface area contributed by atoms with E-state index in [1.807, 2.05) is 11.0 Å². The first-order valence-electron chi connectivity index (χ1n) is 23.2. The highest BCUT2D eigenvalue weighted by atomic mass is 32.1. The van der Waals surface area contributed by atoms with Crippen LogP contribution in [0.15, 0.2) is 71.5 Å². The summed E-state index contributed by atoms with van der Waals surface area (Å²) >= 11 is 1.12. The lowest BCUT2D eigenvalue weighted by Gasteiger charge is -2.27. The molecule has 4 aromatic rings. The fourth-order valence-corrected chi connectivity index (χ4v) is 8.35. The number of allylic oxidation sites excluding steroid dienone is 2. The van der Waals surface area contributed by atoms with E-state index in [0.717, 1.165) is 66.9 Å². The number of aromatic amines is 1. The van der Waals surface area contributed by atoms with Gasteiger partial charge in [-0.2, -0.15) is 0 Å². The zero-order valence-electron chi connectivity index (χ0n) is 37.6. The first kappa shape index (κ1) is 51.3. The second-order valence-corrected chi connectivity index (χ2v) is 16.8. The molecule has 11 heteroatoms. The standard InChI is InChI=1S/C32H42N4O4S.C18H34O2/c1-3-35(4-2)20-21-36(19-18-33-17-14-26-12-13-28(37)30-31(26)41-32(39)34-30)29(38)16-23-40-22-15-25-10-7-9-24-8-5-6-11-27(24)25;1-2-3-4-5-6-7-8-9-10-11-12-13-14-15-16-17-18(19)20/h5-13,33,37H,3-4,14-23H2,1-2H3,(H,34,39);9-10H,2-8,11-17H2,1H3,(H,19,20)/b;10-9-. The predicted molar refractivity (Wildman–Crippen MR) is 255 cm³/mol. The number of aromatic hydroxyl groups is 1. The van der Waals surface area contributed by atoms with Crippen LogP contribution in [0, 0.1) is 0 Å². The zero-order valence-corrected chi connectivity index (χ0v) is 38.4. The van der Waals surface area contributed by atoms with E-state index in [4.69, 9.17) is 9.84 Å². The van der Waals surface area contributed by atoms with Crippen molar-refractivity contribution in [3.8, 4) is 5.75 Å². The molecule has 4 N–H and O–H groups in total. The highest BCUT2D eigenvalue weighted by molar-refractivity contribution is 7.16. The lowest BCUT2D eigenvalue weighted by atomic mass is 10.0. The van der Waals surface area contributed by atoms with Crippen LogP contribution in [0.2, 0.25) is 0 Å². The summed E-state index contributed by atoms with van der Waals surface area (Å²) in [7, 11) is 0. The predicted octanol–water partition coefficient (Wildman–Crippen LogP) is 10.5. The number of hydrogen-bond acceptors (Lipinski definition) is 8. The smallest absolute Gasteiger partial charge is 0.305 e. The Morgan fingerprint density at radius 2 is 1.43 bits per heavy atom. The Labute approximate surface area is 369 Å². The summed E-state index contributed by atoms with van der Waals surface area (Å²) in [6, 6.07) is 18.2. The van der Waals surface area contributed by atoms with Crippen molar-refractivity contribution in [3.63, 3.8) is 0 Å². The molecule has 0 saturated carbocycles. The highest BCUT2D eigenvalue weighted by Crippen LogP contribution is 2.28. The molecule has 1 heterocycles. The molecule has 0 atom stereocenters. The number of fused-ring (bicyclic) bond motifs is 2. The molecule has 0 spiro atoms. The number of amides is 1. The average Bonchev–Trinajstić information content (AvgIpc) is 3.67. The fourth-order valence-electron chi connectivity index (χ4n) is 7.45. The van der Waals surface area contributed by atoms with Crippen LogP contribution in [0.3, 0.4) is 0 Å². The van der Waals surface area contributed by atoms with Gasteiger partial charge in [-0.15, -0.1) is 0 Å².